The van der Waals surface area contributed by atoms with Crippen LogP contribution in [0.2, 0.25) is 0 Å². The molecule has 0 aliphatic carbocycles. The van der Waals surface area contributed by atoms with Gasteiger partial charge in [0.05, 0.1) is 0 Å². The highest BCUT2D eigenvalue weighted by Gasteiger charge is 2.18. The van der Waals surface area contributed by atoms with Crippen LogP contribution in [0.4, 0.5) is 0 Å². The molecule has 0 saturated carbocycles. The minimum absolute atomic E-state index is 0.279. The molecule has 5 heteroatoms. The van der Waals surface area contributed by atoms with Crippen LogP contribution in [0.3, 0.4) is 0 Å². The maximum absolute atomic E-state index is 4.44. The number of nitrogens with one attached hydrogen (secondary N) is 1. The Morgan fingerprint density at radius 2 is 2.14 bits per heavy atom. The summed E-state index contributed by atoms with van der Waals surface area (Å²) in [6.45, 7) is 8.34. The quantitative estimate of drug-likeness (QED) is 0.727. The molecule has 0 radical (unpaired) electrons. The van der Waals surface area contributed by atoms with Crippen LogP contribution in [0.15, 0.2) is 24.5 Å². The van der Waals surface area contributed by atoms with E-state index in [1.54, 1.807) is 6.33 Å². The Bertz CT molecular complexity index is 579. The highest BCUT2D eigenvalue weighted by atomic mass is 127. The largest absolute Gasteiger partial charge is 0.310 e. The van der Waals surface area contributed by atoms with Gasteiger partial charge < -0.3 is 5.32 Å². The lowest BCUT2D eigenvalue weighted by molar-refractivity contribution is 0.497. The summed E-state index contributed by atoms with van der Waals surface area (Å²) in [7, 11) is 0. The molecule has 114 valence electrons. The summed E-state index contributed by atoms with van der Waals surface area (Å²) < 4.78 is 3.36. The van der Waals surface area contributed by atoms with E-state index in [-0.39, 0.29) is 6.04 Å². The lowest BCUT2D eigenvalue weighted by Gasteiger charge is -2.20. The summed E-state index contributed by atoms with van der Waals surface area (Å²) in [5.41, 5.74) is 2.68. The van der Waals surface area contributed by atoms with Crippen molar-refractivity contribution in [1.29, 1.82) is 0 Å². The average molecular weight is 398 g/mol. The Labute approximate surface area is 140 Å². The van der Waals surface area contributed by atoms with Gasteiger partial charge in [0.25, 0.3) is 0 Å². The molecule has 0 saturated heterocycles. The fraction of sp³-hybridized carbons (Fsp3) is 0.500. The monoisotopic (exact) mass is 398 g/mol. The van der Waals surface area contributed by atoms with Crippen molar-refractivity contribution in [2.24, 2.45) is 0 Å². The first kappa shape index (κ1) is 16.4. The van der Waals surface area contributed by atoms with Crippen LogP contribution >= 0.6 is 22.6 Å². The van der Waals surface area contributed by atoms with Crippen molar-refractivity contribution in [3.8, 4) is 0 Å². The van der Waals surface area contributed by atoms with Gasteiger partial charge in [0.1, 0.15) is 12.2 Å². The fourth-order valence-electron chi connectivity index (χ4n) is 2.51. The molecule has 0 aliphatic rings. The number of aromatic nitrogens is 3. The Kier molecular flexibility index (Phi) is 6.17. The lowest BCUT2D eigenvalue weighted by atomic mass is 10.0. The van der Waals surface area contributed by atoms with E-state index in [0.29, 0.717) is 0 Å². The van der Waals surface area contributed by atoms with Gasteiger partial charge in [-0.15, -0.1) is 0 Å². The van der Waals surface area contributed by atoms with Crippen molar-refractivity contribution in [2.45, 2.75) is 46.2 Å². The molecule has 1 heterocycles. The summed E-state index contributed by atoms with van der Waals surface area (Å²) in [5.74, 6) is 1.06. The number of hydrogen-bond donors (Lipinski definition) is 1. The molecule has 0 spiro atoms. The predicted molar refractivity (Wildman–Crippen MR) is 94.3 cm³/mol. The number of nitrogens with zero attached hydrogens (tertiary/aromatic N) is 3. The molecule has 0 aliphatic heterocycles. The molecule has 0 bridgehead atoms. The van der Waals surface area contributed by atoms with Crippen molar-refractivity contribution in [1.82, 2.24) is 20.1 Å². The molecule has 2 rings (SSSR count). The van der Waals surface area contributed by atoms with Crippen molar-refractivity contribution in [3.63, 3.8) is 0 Å². The Hall–Kier alpha value is -0.950. The topological polar surface area (TPSA) is 42.7 Å². The third kappa shape index (κ3) is 4.03. The predicted octanol–water partition coefficient (Wildman–Crippen LogP) is 3.49. The Balaban J connectivity index is 2.26. The Morgan fingerprint density at radius 3 is 2.86 bits per heavy atom. The maximum Gasteiger partial charge on any atom is 0.138 e. The van der Waals surface area contributed by atoms with Gasteiger partial charge in [0.2, 0.25) is 0 Å². The molecule has 0 fully saturated rings. The molecular weight excluding hydrogens is 375 g/mol. The van der Waals surface area contributed by atoms with Crippen LogP contribution in [0.1, 0.15) is 43.3 Å². The van der Waals surface area contributed by atoms with Crippen LogP contribution in [0.5, 0.6) is 0 Å². The van der Waals surface area contributed by atoms with Gasteiger partial charge in [-0.3, -0.25) is 4.68 Å². The second-order valence-electron chi connectivity index (χ2n) is 5.19. The SMILES string of the molecule is CCCn1ncnc1CC(NCC)c1cccc(C)c1I. The fourth-order valence-corrected chi connectivity index (χ4v) is 3.24. The van der Waals surface area contributed by atoms with E-state index in [1.165, 1.54) is 14.7 Å². The van der Waals surface area contributed by atoms with Crippen LogP contribution in [-0.4, -0.2) is 21.3 Å². The van der Waals surface area contributed by atoms with E-state index >= 15 is 0 Å². The number of halogens is 1. The van der Waals surface area contributed by atoms with Crippen molar-refractivity contribution >= 4 is 22.6 Å². The third-order valence-electron chi connectivity index (χ3n) is 3.57. The molecular formula is C16H23IN4. The number of likely N-dealkylation sites (N-methyl/N-ethyl adjacent to an activating group) is 1. The van der Waals surface area contributed by atoms with Gasteiger partial charge in [-0.2, -0.15) is 5.10 Å². The minimum atomic E-state index is 0.279. The third-order valence-corrected chi connectivity index (χ3v) is 5.04. The summed E-state index contributed by atoms with van der Waals surface area (Å²) in [5, 5.41) is 7.92. The molecule has 4 nitrogen and oxygen atoms in total. The van der Waals surface area contributed by atoms with E-state index in [9.17, 15) is 0 Å². The number of benzene rings is 1. The van der Waals surface area contributed by atoms with E-state index in [2.05, 4.69) is 77.0 Å². The normalized spacial score (nSPS) is 12.6. The molecule has 21 heavy (non-hydrogen) atoms. The molecule has 1 aromatic heterocycles. The van der Waals surface area contributed by atoms with Crippen molar-refractivity contribution < 1.29 is 0 Å². The van der Waals surface area contributed by atoms with Crippen LogP contribution in [0, 0.1) is 10.5 Å². The highest BCUT2D eigenvalue weighted by Crippen LogP contribution is 2.25. The van der Waals surface area contributed by atoms with E-state index in [1.807, 2.05) is 4.68 Å². The summed E-state index contributed by atoms with van der Waals surface area (Å²) >= 11 is 2.44. The number of aryl methyl sites for hydroxylation is 2. The minimum Gasteiger partial charge on any atom is -0.310 e. The first-order chi connectivity index (χ1) is 10.2. The average Bonchev–Trinajstić information content (AvgIpc) is 2.89. The number of rotatable bonds is 7. The molecule has 1 N–H and O–H groups in total. The smallest absolute Gasteiger partial charge is 0.138 e. The number of hydrogen-bond acceptors (Lipinski definition) is 3. The molecule has 1 aromatic carbocycles. The molecule has 1 atom stereocenters. The zero-order chi connectivity index (χ0) is 15.2. The van der Waals surface area contributed by atoms with Crippen LogP contribution in [-0.2, 0) is 13.0 Å². The maximum atomic E-state index is 4.44. The van der Waals surface area contributed by atoms with E-state index < -0.39 is 0 Å². The van der Waals surface area contributed by atoms with Gasteiger partial charge in [-0.1, -0.05) is 32.0 Å². The lowest BCUT2D eigenvalue weighted by Crippen LogP contribution is -2.25. The second-order valence-corrected chi connectivity index (χ2v) is 6.27. The van der Waals surface area contributed by atoms with Gasteiger partial charge in [0, 0.05) is 22.6 Å². The standard InChI is InChI=1S/C16H23IN4/c1-4-9-21-15(19-11-20-21)10-14(18-5-2)13-8-6-7-12(3)16(13)17/h6-8,11,14,18H,4-5,9-10H2,1-3H3. The van der Waals surface area contributed by atoms with Gasteiger partial charge in [0.15, 0.2) is 0 Å². The van der Waals surface area contributed by atoms with Gasteiger partial charge in [-0.25, -0.2) is 4.98 Å². The molecule has 1 unspecified atom stereocenters. The summed E-state index contributed by atoms with van der Waals surface area (Å²) in [6.07, 6.45) is 3.60. The van der Waals surface area contributed by atoms with Gasteiger partial charge in [-0.05, 0) is 53.6 Å². The summed E-state index contributed by atoms with van der Waals surface area (Å²) in [4.78, 5) is 4.44. The van der Waals surface area contributed by atoms with Crippen LogP contribution in [0.25, 0.3) is 0 Å². The van der Waals surface area contributed by atoms with Crippen LogP contribution < -0.4 is 5.32 Å². The van der Waals surface area contributed by atoms with E-state index in [4.69, 9.17) is 0 Å². The zero-order valence-corrected chi connectivity index (χ0v) is 15.1. The molecule has 0 amide bonds. The van der Waals surface area contributed by atoms with Crippen molar-refractivity contribution in [3.05, 3.63) is 45.0 Å². The highest BCUT2D eigenvalue weighted by molar-refractivity contribution is 14.1. The van der Waals surface area contributed by atoms with Crippen molar-refractivity contribution in [2.75, 3.05) is 6.54 Å². The summed E-state index contributed by atoms with van der Waals surface area (Å²) in [6, 6.07) is 6.78. The second kappa shape index (κ2) is 7.89. The Morgan fingerprint density at radius 1 is 1.33 bits per heavy atom. The first-order valence-electron chi connectivity index (χ1n) is 7.52. The first-order valence-corrected chi connectivity index (χ1v) is 8.60. The molecule has 2 aromatic rings. The van der Waals surface area contributed by atoms with E-state index in [0.717, 1.165) is 31.8 Å². The zero-order valence-electron chi connectivity index (χ0n) is 12.9. The van der Waals surface area contributed by atoms with Gasteiger partial charge >= 0.3 is 0 Å².